The summed E-state index contributed by atoms with van der Waals surface area (Å²) in [5, 5.41) is 13.0. The van der Waals surface area contributed by atoms with Crippen LogP contribution in [0.15, 0.2) is 36.4 Å². The van der Waals surface area contributed by atoms with Crippen molar-refractivity contribution in [3.8, 4) is 0 Å². The van der Waals surface area contributed by atoms with E-state index < -0.39 is 5.97 Å². The summed E-state index contributed by atoms with van der Waals surface area (Å²) in [6, 6.07) is 12.8. The van der Waals surface area contributed by atoms with E-state index in [1.54, 1.807) is 0 Å². The van der Waals surface area contributed by atoms with Crippen LogP contribution in [0.25, 0.3) is 0 Å². The molecule has 7 heteroatoms. The van der Waals surface area contributed by atoms with Gasteiger partial charge in [-0.3, -0.25) is 4.79 Å². The van der Waals surface area contributed by atoms with Crippen LogP contribution in [0.4, 0.5) is 5.82 Å². The number of ether oxygens (including phenoxy) is 2. The number of carboxylic acids is 1. The molecule has 2 aromatic rings. The fourth-order valence-corrected chi connectivity index (χ4v) is 5.94. The molecule has 0 bridgehead atoms. The van der Waals surface area contributed by atoms with E-state index in [1.165, 1.54) is 23.2 Å². The number of hydrogen-bond acceptors (Lipinski definition) is 6. The molecule has 3 atom stereocenters. The molecule has 7 nitrogen and oxygen atoms in total. The molecular formula is C30H41N3O4. The minimum Gasteiger partial charge on any atom is -0.481 e. The molecule has 1 aromatic heterocycles. The fraction of sp³-hybridized carbons (Fsp3) is 0.600. The molecule has 2 N–H and O–H groups in total. The van der Waals surface area contributed by atoms with Crippen LogP contribution in [0, 0.1) is 0 Å². The van der Waals surface area contributed by atoms with E-state index in [2.05, 4.69) is 34.5 Å². The summed E-state index contributed by atoms with van der Waals surface area (Å²) in [7, 11) is 0. The number of aromatic nitrogens is 1. The molecule has 37 heavy (non-hydrogen) atoms. The number of rotatable bonds is 11. The number of benzene rings is 1. The Hall–Kier alpha value is -2.48. The van der Waals surface area contributed by atoms with Gasteiger partial charge in [0.1, 0.15) is 5.82 Å². The molecule has 3 aliphatic rings. The number of aliphatic carboxylic acids is 1. The Balaban J connectivity index is 1.11. The third kappa shape index (κ3) is 7.30. The molecule has 0 aliphatic carbocycles. The molecule has 0 radical (unpaired) electrons. The third-order valence-corrected chi connectivity index (χ3v) is 8.06. The molecule has 3 aliphatic heterocycles. The lowest BCUT2D eigenvalue weighted by molar-refractivity contribution is -0.138. The van der Waals surface area contributed by atoms with Crippen molar-refractivity contribution in [2.45, 2.75) is 69.3 Å². The van der Waals surface area contributed by atoms with Gasteiger partial charge in [0.15, 0.2) is 0 Å². The van der Waals surface area contributed by atoms with Gasteiger partial charge in [-0.2, -0.15) is 0 Å². The molecule has 2 fully saturated rings. The Morgan fingerprint density at radius 2 is 2.19 bits per heavy atom. The molecular weight excluding hydrogens is 466 g/mol. The van der Waals surface area contributed by atoms with Crippen LogP contribution in [0.2, 0.25) is 0 Å². The van der Waals surface area contributed by atoms with Crippen LogP contribution < -0.4 is 5.32 Å². The van der Waals surface area contributed by atoms with Crippen LogP contribution in [-0.2, 0) is 27.1 Å². The Morgan fingerprint density at radius 1 is 1.24 bits per heavy atom. The number of hydrogen-bond donors (Lipinski definition) is 2. The van der Waals surface area contributed by atoms with Crippen LogP contribution in [0.1, 0.15) is 72.7 Å². The van der Waals surface area contributed by atoms with Crippen LogP contribution in [0.5, 0.6) is 0 Å². The number of anilines is 1. The molecule has 0 saturated carbocycles. The number of carbonyl (C=O) groups is 1. The van der Waals surface area contributed by atoms with E-state index >= 15 is 0 Å². The Kier molecular flexibility index (Phi) is 9.08. The van der Waals surface area contributed by atoms with Crippen molar-refractivity contribution >= 4 is 11.8 Å². The van der Waals surface area contributed by atoms with Crippen molar-refractivity contribution in [2.75, 3.05) is 51.3 Å². The zero-order valence-electron chi connectivity index (χ0n) is 21.9. The monoisotopic (exact) mass is 507 g/mol. The second-order valence-electron chi connectivity index (χ2n) is 10.9. The topological polar surface area (TPSA) is 83.9 Å². The minimum absolute atomic E-state index is 0.0870. The third-order valence-electron chi connectivity index (χ3n) is 8.06. The number of carboxylic acid groups (broad SMARTS) is 1. The first-order valence-electron chi connectivity index (χ1n) is 14.1. The summed E-state index contributed by atoms with van der Waals surface area (Å²) < 4.78 is 11.9. The van der Waals surface area contributed by atoms with Gasteiger partial charge in [-0.25, -0.2) is 4.98 Å². The minimum atomic E-state index is -0.778. The average Bonchev–Trinajstić information content (AvgIpc) is 3.46. The van der Waals surface area contributed by atoms with E-state index in [4.69, 9.17) is 14.5 Å². The van der Waals surface area contributed by atoms with E-state index in [1.807, 2.05) is 12.1 Å². The molecule has 0 spiro atoms. The van der Waals surface area contributed by atoms with Gasteiger partial charge in [0.2, 0.25) is 0 Å². The average molecular weight is 508 g/mol. The highest BCUT2D eigenvalue weighted by Crippen LogP contribution is 2.30. The smallest absolute Gasteiger partial charge is 0.304 e. The lowest BCUT2D eigenvalue weighted by atomic mass is 9.90. The zero-order valence-corrected chi connectivity index (χ0v) is 21.9. The Bertz CT molecular complexity index is 1040. The number of nitrogens with zero attached hydrogens (tertiary/aromatic N) is 2. The molecule has 200 valence electrons. The SMILES string of the molecule is O=C(O)C[C@H](CO[C@@H]1CCCN(CCCc2ccc3c(n2)NCCC3)C1)c1cccc([C@H]2CCOC2)c1. The largest absolute Gasteiger partial charge is 0.481 e. The lowest BCUT2D eigenvalue weighted by Crippen LogP contribution is -2.40. The van der Waals surface area contributed by atoms with E-state index in [0.717, 1.165) is 89.3 Å². The van der Waals surface area contributed by atoms with Gasteiger partial charge in [0, 0.05) is 37.2 Å². The number of likely N-dealkylation sites (tertiary alicyclic amines) is 1. The second kappa shape index (κ2) is 12.9. The number of aryl methyl sites for hydroxylation is 2. The maximum atomic E-state index is 11.6. The fourth-order valence-electron chi connectivity index (χ4n) is 5.94. The summed E-state index contributed by atoms with van der Waals surface area (Å²) in [5.41, 5.74) is 4.82. The summed E-state index contributed by atoms with van der Waals surface area (Å²) in [4.78, 5) is 19.0. The Labute approximate surface area is 220 Å². The summed E-state index contributed by atoms with van der Waals surface area (Å²) in [6.07, 6.45) is 7.80. The maximum Gasteiger partial charge on any atom is 0.304 e. The summed E-state index contributed by atoms with van der Waals surface area (Å²) in [6.45, 7) is 6.07. The van der Waals surface area contributed by atoms with Crippen LogP contribution in [0.3, 0.4) is 0 Å². The van der Waals surface area contributed by atoms with Gasteiger partial charge in [-0.05, 0) is 80.8 Å². The van der Waals surface area contributed by atoms with Gasteiger partial charge in [0.25, 0.3) is 0 Å². The quantitative estimate of drug-likeness (QED) is 0.459. The van der Waals surface area contributed by atoms with Crippen molar-refractivity contribution in [3.05, 3.63) is 58.8 Å². The number of pyridine rings is 1. The van der Waals surface area contributed by atoms with Gasteiger partial charge < -0.3 is 24.8 Å². The van der Waals surface area contributed by atoms with Gasteiger partial charge in [-0.1, -0.05) is 30.3 Å². The molecule has 5 rings (SSSR count). The highest BCUT2D eigenvalue weighted by Gasteiger charge is 2.25. The van der Waals surface area contributed by atoms with Gasteiger partial charge >= 0.3 is 5.97 Å². The van der Waals surface area contributed by atoms with Crippen molar-refractivity contribution in [1.29, 1.82) is 0 Å². The van der Waals surface area contributed by atoms with Crippen molar-refractivity contribution in [2.24, 2.45) is 0 Å². The predicted octanol–water partition coefficient (Wildman–Crippen LogP) is 4.62. The molecule has 0 amide bonds. The normalized spacial score (nSPS) is 22.8. The second-order valence-corrected chi connectivity index (χ2v) is 10.9. The number of nitrogens with one attached hydrogen (secondary N) is 1. The van der Waals surface area contributed by atoms with E-state index in [9.17, 15) is 9.90 Å². The molecule has 0 unspecified atom stereocenters. The van der Waals surface area contributed by atoms with Crippen molar-refractivity contribution < 1.29 is 19.4 Å². The maximum absolute atomic E-state index is 11.6. The first kappa shape index (κ1) is 26.1. The van der Waals surface area contributed by atoms with Crippen LogP contribution >= 0.6 is 0 Å². The summed E-state index contributed by atoms with van der Waals surface area (Å²) in [5.74, 6) is 0.567. The van der Waals surface area contributed by atoms with Gasteiger partial charge in [0.05, 0.1) is 25.7 Å². The standard InChI is InChI=1S/C30H41N3O4/c34-29(35)18-26(24-6-1-5-23(17-24)25-12-16-36-20-25)21-37-28-9-4-15-33(19-28)14-3-8-27-11-10-22-7-2-13-31-30(22)32-27/h1,5-6,10-11,17,25-26,28H,2-4,7-9,12-16,18-21H2,(H,31,32)(H,34,35)/t25-,26+,28+/m0/s1. The van der Waals surface area contributed by atoms with E-state index in [-0.39, 0.29) is 18.4 Å². The first-order valence-corrected chi connectivity index (χ1v) is 14.1. The van der Waals surface area contributed by atoms with Crippen molar-refractivity contribution in [1.82, 2.24) is 9.88 Å². The van der Waals surface area contributed by atoms with E-state index in [0.29, 0.717) is 12.5 Å². The molecule has 2 saturated heterocycles. The van der Waals surface area contributed by atoms with Crippen LogP contribution in [-0.4, -0.2) is 73.1 Å². The summed E-state index contributed by atoms with van der Waals surface area (Å²) >= 11 is 0. The highest BCUT2D eigenvalue weighted by atomic mass is 16.5. The lowest BCUT2D eigenvalue weighted by Gasteiger charge is -2.33. The number of fused-ring (bicyclic) bond motifs is 1. The highest BCUT2D eigenvalue weighted by molar-refractivity contribution is 5.68. The molecule has 1 aromatic carbocycles. The number of piperidine rings is 1. The molecule has 4 heterocycles. The zero-order chi connectivity index (χ0) is 25.5. The van der Waals surface area contributed by atoms with Gasteiger partial charge in [-0.15, -0.1) is 0 Å². The predicted molar refractivity (Wildman–Crippen MR) is 144 cm³/mol. The first-order chi connectivity index (χ1) is 18.1. The Morgan fingerprint density at radius 3 is 3.05 bits per heavy atom. The van der Waals surface area contributed by atoms with Crippen molar-refractivity contribution in [3.63, 3.8) is 0 Å².